The molecule has 1 aromatic heterocycles. The van der Waals surface area contributed by atoms with Crippen LogP contribution in [0.1, 0.15) is 20.8 Å². The van der Waals surface area contributed by atoms with E-state index in [1.54, 1.807) is 0 Å². The Morgan fingerprint density at radius 1 is 1.47 bits per heavy atom. The normalized spacial score (nSPS) is 12.8. The number of hydrogen-bond donors (Lipinski definition) is 0. The number of pyridine rings is 1. The lowest BCUT2D eigenvalue weighted by Gasteiger charge is -2.14. The van der Waals surface area contributed by atoms with Crippen molar-refractivity contribution in [3.8, 4) is 5.75 Å². The smallest absolute Gasteiger partial charge is 0.278 e. The largest absolute Gasteiger partial charge is 0.484 e. The van der Waals surface area contributed by atoms with E-state index in [1.807, 2.05) is 0 Å². The molecule has 0 fully saturated rings. The minimum Gasteiger partial charge on any atom is -0.484 e. The van der Waals surface area contributed by atoms with E-state index in [1.165, 1.54) is 19.9 Å². The molecule has 0 bridgehead atoms. The van der Waals surface area contributed by atoms with Crippen molar-refractivity contribution in [2.75, 3.05) is 6.61 Å². The summed E-state index contributed by atoms with van der Waals surface area (Å²) in [6.45, 7) is 2.91. The molecule has 0 N–H and O–H groups in total. The number of halogens is 3. The van der Waals surface area contributed by atoms with Crippen molar-refractivity contribution in [2.24, 2.45) is 0 Å². The van der Waals surface area contributed by atoms with Crippen LogP contribution in [0.15, 0.2) is 21.8 Å². The first-order valence-electron chi connectivity index (χ1n) is 5.44. The molecular formula is C11H14BrF2NO3S. The third-order valence-electron chi connectivity index (χ3n) is 2.21. The Hall–Kier alpha value is -0.760. The van der Waals surface area contributed by atoms with Crippen LogP contribution < -0.4 is 4.74 Å². The van der Waals surface area contributed by atoms with Gasteiger partial charge in [0.05, 0.1) is 10.1 Å². The van der Waals surface area contributed by atoms with Crippen molar-refractivity contribution < 1.29 is 21.9 Å². The lowest BCUT2D eigenvalue weighted by Crippen LogP contribution is -2.21. The van der Waals surface area contributed by atoms with Crippen LogP contribution in [0.5, 0.6) is 5.75 Å². The van der Waals surface area contributed by atoms with Gasteiger partial charge in [-0.2, -0.15) is 0 Å². The van der Waals surface area contributed by atoms with E-state index in [0.29, 0.717) is 6.92 Å². The minimum atomic E-state index is -3.52. The first kappa shape index (κ1) is 16.3. The van der Waals surface area contributed by atoms with Gasteiger partial charge in [-0.25, -0.2) is 22.2 Å². The van der Waals surface area contributed by atoms with E-state index in [4.69, 9.17) is 4.74 Å². The summed E-state index contributed by atoms with van der Waals surface area (Å²) < 4.78 is 54.4. The molecule has 0 aliphatic carbocycles. The maximum Gasteiger partial charge on any atom is 0.278 e. The Kier molecular flexibility index (Phi) is 4.89. The average molecular weight is 358 g/mol. The second kappa shape index (κ2) is 5.70. The van der Waals surface area contributed by atoms with Gasteiger partial charge in [-0.05, 0) is 29.8 Å². The van der Waals surface area contributed by atoms with Crippen molar-refractivity contribution in [3.05, 3.63) is 16.9 Å². The van der Waals surface area contributed by atoms with E-state index in [-0.39, 0.29) is 15.2 Å². The fourth-order valence-electron chi connectivity index (χ4n) is 1.14. The van der Waals surface area contributed by atoms with Crippen LogP contribution in [0.3, 0.4) is 0 Å². The SMILES string of the molecule is CC(C)S(=O)(=O)c1cnc(Br)c(OCC(C)(F)F)c1. The zero-order valence-electron chi connectivity index (χ0n) is 10.7. The first-order chi connectivity index (χ1) is 8.54. The van der Waals surface area contributed by atoms with Crippen LogP contribution in [0.25, 0.3) is 0 Å². The summed E-state index contributed by atoms with van der Waals surface area (Å²) in [5, 5.41) is -0.629. The number of aromatic nitrogens is 1. The van der Waals surface area contributed by atoms with E-state index in [2.05, 4.69) is 20.9 Å². The topological polar surface area (TPSA) is 56.3 Å². The van der Waals surface area contributed by atoms with Crippen LogP contribution in [0, 0.1) is 0 Å². The Morgan fingerprint density at radius 2 is 2.05 bits per heavy atom. The Bertz CT molecular complexity index is 556. The van der Waals surface area contributed by atoms with Crippen molar-refractivity contribution in [3.63, 3.8) is 0 Å². The molecule has 1 aromatic rings. The first-order valence-corrected chi connectivity index (χ1v) is 7.78. The molecule has 108 valence electrons. The van der Waals surface area contributed by atoms with Crippen LogP contribution >= 0.6 is 15.9 Å². The van der Waals surface area contributed by atoms with Crippen molar-refractivity contribution >= 4 is 25.8 Å². The number of rotatable bonds is 5. The Morgan fingerprint density at radius 3 is 2.53 bits per heavy atom. The predicted octanol–water partition coefficient (Wildman–Crippen LogP) is 3.06. The summed E-state index contributed by atoms with van der Waals surface area (Å²) in [4.78, 5) is 3.74. The number of nitrogens with zero attached hydrogens (tertiary/aromatic N) is 1. The molecule has 0 radical (unpaired) electrons. The quantitative estimate of drug-likeness (QED) is 0.760. The highest BCUT2D eigenvalue weighted by Crippen LogP contribution is 2.28. The Labute approximate surface area is 119 Å². The van der Waals surface area contributed by atoms with E-state index < -0.39 is 27.6 Å². The molecule has 0 aromatic carbocycles. The van der Waals surface area contributed by atoms with Crippen LogP contribution in [-0.4, -0.2) is 31.2 Å². The summed E-state index contributed by atoms with van der Waals surface area (Å²) in [6.07, 6.45) is 1.16. The molecule has 0 spiro atoms. The highest BCUT2D eigenvalue weighted by molar-refractivity contribution is 9.10. The zero-order valence-corrected chi connectivity index (χ0v) is 13.1. The summed E-state index contributed by atoms with van der Waals surface area (Å²) >= 11 is 3.03. The number of hydrogen-bond acceptors (Lipinski definition) is 4. The maximum absolute atomic E-state index is 12.7. The molecule has 19 heavy (non-hydrogen) atoms. The van der Waals surface area contributed by atoms with Crippen LogP contribution in [0.2, 0.25) is 0 Å². The van der Waals surface area contributed by atoms with Gasteiger partial charge in [0.15, 0.2) is 22.2 Å². The maximum atomic E-state index is 12.7. The van der Waals surface area contributed by atoms with E-state index in [9.17, 15) is 17.2 Å². The molecule has 1 rings (SSSR count). The molecule has 4 nitrogen and oxygen atoms in total. The predicted molar refractivity (Wildman–Crippen MR) is 70.4 cm³/mol. The molecule has 1 heterocycles. The third kappa shape index (κ3) is 4.38. The van der Waals surface area contributed by atoms with Crippen molar-refractivity contribution in [1.29, 1.82) is 0 Å². The van der Waals surface area contributed by atoms with Gasteiger partial charge in [0.25, 0.3) is 5.92 Å². The molecule has 8 heteroatoms. The Balaban J connectivity index is 3.08. The molecular weight excluding hydrogens is 344 g/mol. The van der Waals surface area contributed by atoms with Crippen molar-refractivity contribution in [2.45, 2.75) is 36.8 Å². The van der Waals surface area contributed by atoms with Crippen molar-refractivity contribution in [1.82, 2.24) is 4.98 Å². The molecule has 0 atom stereocenters. The van der Waals surface area contributed by atoms with Crippen LogP contribution in [0.4, 0.5) is 8.78 Å². The molecule has 0 aliphatic rings. The molecule has 0 unspecified atom stereocenters. The minimum absolute atomic E-state index is 0.0248. The second-order valence-electron chi connectivity index (χ2n) is 4.41. The third-order valence-corrected chi connectivity index (χ3v) is 4.93. The van der Waals surface area contributed by atoms with E-state index >= 15 is 0 Å². The lowest BCUT2D eigenvalue weighted by molar-refractivity contribution is -0.0233. The fraction of sp³-hybridized carbons (Fsp3) is 0.545. The number of sulfone groups is 1. The van der Waals surface area contributed by atoms with Gasteiger partial charge < -0.3 is 4.74 Å². The fourth-order valence-corrected chi connectivity index (χ4v) is 2.49. The monoisotopic (exact) mass is 357 g/mol. The van der Waals surface area contributed by atoms with Gasteiger partial charge in [-0.15, -0.1) is 0 Å². The van der Waals surface area contributed by atoms with E-state index in [0.717, 1.165) is 6.20 Å². The van der Waals surface area contributed by atoms with Crippen LogP contribution in [-0.2, 0) is 9.84 Å². The van der Waals surface area contributed by atoms with Gasteiger partial charge in [0.2, 0.25) is 0 Å². The standard InChI is InChI=1S/C11H14BrF2NO3S/c1-7(2)19(16,17)8-4-9(10(12)15-5-8)18-6-11(3,13)14/h4-5,7H,6H2,1-3H3. The lowest BCUT2D eigenvalue weighted by atomic mass is 10.4. The molecule has 0 saturated carbocycles. The summed E-state index contributed by atoms with van der Waals surface area (Å²) in [7, 11) is -3.52. The summed E-state index contributed by atoms with van der Waals surface area (Å²) in [5.41, 5.74) is 0. The highest BCUT2D eigenvalue weighted by atomic mass is 79.9. The second-order valence-corrected chi connectivity index (χ2v) is 7.67. The summed E-state index contributed by atoms with van der Waals surface area (Å²) in [6, 6.07) is 1.19. The molecule has 0 amide bonds. The van der Waals surface area contributed by atoms with Gasteiger partial charge in [0, 0.05) is 19.2 Å². The molecule has 0 aliphatic heterocycles. The number of ether oxygens (including phenoxy) is 1. The van der Waals surface area contributed by atoms with Gasteiger partial charge in [0.1, 0.15) is 4.60 Å². The number of alkyl halides is 2. The summed E-state index contributed by atoms with van der Waals surface area (Å²) in [5.74, 6) is -3.03. The zero-order chi connectivity index (χ0) is 14.8. The van der Waals surface area contributed by atoms with Gasteiger partial charge in [-0.3, -0.25) is 0 Å². The van der Waals surface area contributed by atoms with Gasteiger partial charge in [-0.1, -0.05) is 0 Å². The van der Waals surface area contributed by atoms with Gasteiger partial charge >= 0.3 is 0 Å². The highest BCUT2D eigenvalue weighted by Gasteiger charge is 2.25. The molecule has 0 saturated heterocycles. The average Bonchev–Trinajstić information content (AvgIpc) is 2.26.